The molecule has 1 aromatic rings. The highest BCUT2D eigenvalue weighted by atomic mass is 19.1. The molecule has 2 rings (SSSR count). The molecule has 0 fully saturated rings. The highest BCUT2D eigenvalue weighted by molar-refractivity contribution is 5.25. The van der Waals surface area contributed by atoms with E-state index in [4.69, 9.17) is 10.8 Å². The normalized spacial score (nSPS) is 20.5. The second-order valence-corrected chi connectivity index (χ2v) is 3.71. The van der Waals surface area contributed by atoms with Crippen LogP contribution in [0.5, 0.6) is 0 Å². The van der Waals surface area contributed by atoms with Gasteiger partial charge in [0, 0.05) is 6.20 Å². The fourth-order valence-electron chi connectivity index (χ4n) is 1.87. The van der Waals surface area contributed by atoms with Crippen molar-refractivity contribution in [2.45, 2.75) is 18.9 Å². The first-order chi connectivity index (χ1) is 7.63. The standard InChI is InChI=1S/C10H12FN3O2/c11-9-6(5-15)1-2-7(9)14-4-3-8(12)13-10(14)16/h3-4,7,15H,1-2,5H2,(H2,12,13,16)/t7-/m0/s1. The lowest BCUT2D eigenvalue weighted by molar-refractivity contribution is 0.324. The summed E-state index contributed by atoms with van der Waals surface area (Å²) in [6.07, 6.45) is 2.35. The van der Waals surface area contributed by atoms with Gasteiger partial charge in [-0.3, -0.25) is 4.57 Å². The lowest BCUT2D eigenvalue weighted by atomic mass is 10.2. The van der Waals surface area contributed by atoms with E-state index in [0.29, 0.717) is 18.4 Å². The molecule has 6 heteroatoms. The van der Waals surface area contributed by atoms with Crippen molar-refractivity contribution in [1.29, 1.82) is 0 Å². The van der Waals surface area contributed by atoms with E-state index in [0.717, 1.165) is 0 Å². The second kappa shape index (κ2) is 4.05. The molecule has 0 radical (unpaired) electrons. The summed E-state index contributed by atoms with van der Waals surface area (Å²) < 4.78 is 14.9. The summed E-state index contributed by atoms with van der Waals surface area (Å²) in [7, 11) is 0. The zero-order valence-electron chi connectivity index (χ0n) is 8.56. The van der Waals surface area contributed by atoms with E-state index in [1.165, 1.54) is 16.8 Å². The van der Waals surface area contributed by atoms with E-state index in [-0.39, 0.29) is 12.4 Å². The van der Waals surface area contributed by atoms with E-state index in [2.05, 4.69) is 4.98 Å². The van der Waals surface area contributed by atoms with Crippen LogP contribution in [0.2, 0.25) is 0 Å². The topological polar surface area (TPSA) is 81.1 Å². The quantitative estimate of drug-likeness (QED) is 0.762. The number of hydrogen-bond acceptors (Lipinski definition) is 4. The van der Waals surface area contributed by atoms with Gasteiger partial charge in [0.15, 0.2) is 0 Å². The first-order valence-electron chi connectivity index (χ1n) is 4.96. The lowest BCUT2D eigenvalue weighted by Crippen LogP contribution is -2.26. The van der Waals surface area contributed by atoms with Gasteiger partial charge < -0.3 is 10.8 Å². The Morgan fingerprint density at radius 3 is 3.00 bits per heavy atom. The summed E-state index contributed by atoms with van der Waals surface area (Å²) in [6.45, 7) is -0.306. The number of nitrogens with zero attached hydrogens (tertiary/aromatic N) is 2. The molecule has 16 heavy (non-hydrogen) atoms. The Morgan fingerprint density at radius 1 is 1.69 bits per heavy atom. The SMILES string of the molecule is Nc1ccn([C@H]2CCC(CO)=C2F)c(=O)n1. The van der Waals surface area contributed by atoms with Crippen LogP contribution in [0.3, 0.4) is 0 Å². The molecule has 0 unspecified atom stereocenters. The summed E-state index contributed by atoms with van der Waals surface area (Å²) in [5.41, 5.74) is 5.13. The molecular weight excluding hydrogens is 213 g/mol. The van der Waals surface area contributed by atoms with E-state index in [1.54, 1.807) is 0 Å². The maximum absolute atomic E-state index is 13.7. The van der Waals surface area contributed by atoms with E-state index in [9.17, 15) is 9.18 Å². The molecule has 0 bridgehead atoms. The molecular formula is C10H12FN3O2. The van der Waals surface area contributed by atoms with Crippen molar-refractivity contribution in [1.82, 2.24) is 9.55 Å². The van der Waals surface area contributed by atoms with Gasteiger partial charge in [-0.05, 0) is 24.5 Å². The third-order valence-electron chi connectivity index (χ3n) is 2.73. The molecule has 0 amide bonds. The Hall–Kier alpha value is -1.69. The summed E-state index contributed by atoms with van der Waals surface area (Å²) in [5.74, 6) is -0.317. The largest absolute Gasteiger partial charge is 0.392 e. The van der Waals surface area contributed by atoms with Gasteiger partial charge in [0.2, 0.25) is 0 Å². The number of hydrogen-bond donors (Lipinski definition) is 2. The van der Waals surface area contributed by atoms with Crippen LogP contribution in [0.1, 0.15) is 18.9 Å². The van der Waals surface area contributed by atoms with Crippen molar-refractivity contribution < 1.29 is 9.50 Å². The Labute approximate surface area is 91.0 Å². The highest BCUT2D eigenvalue weighted by Crippen LogP contribution is 2.35. The van der Waals surface area contributed by atoms with E-state index < -0.39 is 17.6 Å². The molecule has 0 saturated carbocycles. The molecule has 0 spiro atoms. The number of rotatable bonds is 2. The van der Waals surface area contributed by atoms with Crippen LogP contribution in [-0.2, 0) is 0 Å². The van der Waals surface area contributed by atoms with Crippen LogP contribution in [0.4, 0.5) is 10.2 Å². The fourth-order valence-corrected chi connectivity index (χ4v) is 1.87. The number of aromatic nitrogens is 2. The minimum atomic E-state index is -0.650. The highest BCUT2D eigenvalue weighted by Gasteiger charge is 2.27. The van der Waals surface area contributed by atoms with Gasteiger partial charge in [0.25, 0.3) is 0 Å². The first-order valence-corrected chi connectivity index (χ1v) is 4.96. The van der Waals surface area contributed by atoms with Crippen LogP contribution in [-0.4, -0.2) is 21.3 Å². The Balaban J connectivity index is 2.40. The van der Waals surface area contributed by atoms with Crippen molar-refractivity contribution in [3.63, 3.8) is 0 Å². The van der Waals surface area contributed by atoms with Gasteiger partial charge in [-0.15, -0.1) is 0 Å². The predicted octanol–water partition coefficient (Wildman–Crippen LogP) is 0.376. The van der Waals surface area contributed by atoms with Gasteiger partial charge in [-0.1, -0.05) is 0 Å². The maximum atomic E-state index is 13.7. The molecule has 5 nitrogen and oxygen atoms in total. The number of allylic oxidation sites excluding steroid dienone is 1. The molecule has 1 aliphatic rings. The monoisotopic (exact) mass is 225 g/mol. The molecule has 86 valence electrons. The number of aliphatic hydroxyl groups excluding tert-OH is 1. The summed E-state index contributed by atoms with van der Waals surface area (Å²) in [6, 6.07) is 0.800. The molecule has 0 aliphatic heterocycles. The zero-order chi connectivity index (χ0) is 11.7. The smallest absolute Gasteiger partial charge is 0.350 e. The van der Waals surface area contributed by atoms with Gasteiger partial charge in [0.05, 0.1) is 12.6 Å². The summed E-state index contributed by atoms with van der Waals surface area (Å²) in [5, 5.41) is 8.89. The lowest BCUT2D eigenvalue weighted by Gasteiger charge is -2.12. The summed E-state index contributed by atoms with van der Waals surface area (Å²) >= 11 is 0. The van der Waals surface area contributed by atoms with Crippen LogP contribution in [0, 0.1) is 0 Å². The molecule has 0 aromatic carbocycles. The number of halogens is 1. The third-order valence-corrected chi connectivity index (χ3v) is 2.73. The Morgan fingerprint density at radius 2 is 2.44 bits per heavy atom. The van der Waals surface area contributed by atoms with Gasteiger partial charge >= 0.3 is 5.69 Å². The van der Waals surface area contributed by atoms with Gasteiger partial charge in [-0.25, -0.2) is 9.18 Å². The molecule has 1 atom stereocenters. The minimum Gasteiger partial charge on any atom is -0.392 e. The number of aliphatic hydroxyl groups is 1. The minimum absolute atomic E-state index is 0.117. The Kier molecular flexibility index (Phi) is 2.74. The molecule has 1 heterocycles. The summed E-state index contributed by atoms with van der Waals surface area (Å²) in [4.78, 5) is 15.0. The third kappa shape index (κ3) is 1.71. The second-order valence-electron chi connectivity index (χ2n) is 3.71. The predicted molar refractivity (Wildman–Crippen MR) is 56.4 cm³/mol. The number of nitrogen functional groups attached to an aromatic ring is 1. The van der Waals surface area contributed by atoms with Crippen molar-refractivity contribution >= 4 is 5.82 Å². The maximum Gasteiger partial charge on any atom is 0.350 e. The van der Waals surface area contributed by atoms with E-state index in [1.807, 2.05) is 0 Å². The van der Waals surface area contributed by atoms with Crippen LogP contribution >= 0.6 is 0 Å². The van der Waals surface area contributed by atoms with E-state index >= 15 is 0 Å². The molecule has 1 aliphatic carbocycles. The average Bonchev–Trinajstić information content (AvgIpc) is 2.60. The Bertz CT molecular complexity index is 495. The van der Waals surface area contributed by atoms with Gasteiger partial charge in [-0.2, -0.15) is 4.98 Å². The average molecular weight is 225 g/mol. The van der Waals surface area contributed by atoms with Crippen LogP contribution in [0.25, 0.3) is 0 Å². The van der Waals surface area contributed by atoms with Gasteiger partial charge in [0.1, 0.15) is 11.6 Å². The fraction of sp³-hybridized carbons (Fsp3) is 0.400. The first kappa shape index (κ1) is 10.8. The van der Waals surface area contributed by atoms with Crippen LogP contribution in [0.15, 0.2) is 28.5 Å². The molecule has 0 saturated heterocycles. The molecule has 3 N–H and O–H groups in total. The zero-order valence-corrected chi connectivity index (χ0v) is 8.56. The number of anilines is 1. The van der Waals surface area contributed by atoms with Crippen molar-refractivity contribution in [3.8, 4) is 0 Å². The van der Waals surface area contributed by atoms with Crippen molar-refractivity contribution in [3.05, 3.63) is 34.1 Å². The van der Waals surface area contributed by atoms with Crippen molar-refractivity contribution in [2.75, 3.05) is 12.3 Å². The molecule has 1 aromatic heterocycles. The number of nitrogens with two attached hydrogens (primary N) is 1. The van der Waals surface area contributed by atoms with Crippen molar-refractivity contribution in [2.24, 2.45) is 0 Å². The van der Waals surface area contributed by atoms with Crippen LogP contribution < -0.4 is 11.4 Å².